The SMILES string of the molecule is O=C(NC1CS(=O)(=O)CC1N1CCCCC1)c1nc(-c2ccccc2)n(-c2ccccc2)n1. The first-order valence-electron chi connectivity index (χ1n) is 11.3. The number of likely N-dealkylation sites (tertiary alicyclic amines) is 1. The monoisotopic (exact) mass is 465 g/mol. The molecule has 9 heteroatoms. The van der Waals surface area contributed by atoms with Crippen LogP contribution in [0.2, 0.25) is 0 Å². The Labute approximate surface area is 193 Å². The highest BCUT2D eigenvalue weighted by atomic mass is 32.2. The maximum absolute atomic E-state index is 13.2. The molecular weight excluding hydrogens is 438 g/mol. The number of carbonyl (C=O) groups excluding carboxylic acids is 1. The number of rotatable bonds is 5. The topological polar surface area (TPSA) is 97.2 Å². The standard InChI is InChI=1S/C24H27N5O3S/c30-24(25-20-16-33(31,32)17-21(20)28-14-8-3-9-15-28)22-26-23(18-10-4-1-5-11-18)29(27-22)19-12-6-2-7-13-19/h1-2,4-7,10-13,20-21H,3,8-9,14-17H2,(H,25,30). The van der Waals surface area contributed by atoms with Crippen LogP contribution in [0.25, 0.3) is 17.1 Å². The Kier molecular flexibility index (Phi) is 5.99. The van der Waals surface area contributed by atoms with Crippen molar-refractivity contribution in [1.82, 2.24) is 25.0 Å². The fourth-order valence-electron chi connectivity index (χ4n) is 4.74. The van der Waals surface area contributed by atoms with E-state index in [4.69, 9.17) is 0 Å². The van der Waals surface area contributed by atoms with Crippen LogP contribution in [-0.4, -0.2) is 70.7 Å². The van der Waals surface area contributed by atoms with E-state index in [1.807, 2.05) is 60.7 Å². The Balaban J connectivity index is 1.44. The van der Waals surface area contributed by atoms with Crippen molar-refractivity contribution in [1.29, 1.82) is 0 Å². The van der Waals surface area contributed by atoms with E-state index >= 15 is 0 Å². The number of hydrogen-bond donors (Lipinski definition) is 1. The second-order valence-corrected chi connectivity index (χ2v) is 10.8. The van der Waals surface area contributed by atoms with Gasteiger partial charge in [-0.05, 0) is 38.1 Å². The summed E-state index contributed by atoms with van der Waals surface area (Å²) in [5.41, 5.74) is 1.63. The van der Waals surface area contributed by atoms with Crippen molar-refractivity contribution in [3.63, 3.8) is 0 Å². The van der Waals surface area contributed by atoms with Gasteiger partial charge >= 0.3 is 0 Å². The lowest BCUT2D eigenvalue weighted by atomic mass is 10.0. The second kappa shape index (κ2) is 9.07. The summed E-state index contributed by atoms with van der Waals surface area (Å²) >= 11 is 0. The molecule has 2 saturated heterocycles. The molecule has 5 rings (SSSR count). The molecule has 1 aromatic heterocycles. The molecule has 33 heavy (non-hydrogen) atoms. The van der Waals surface area contributed by atoms with E-state index < -0.39 is 21.8 Å². The van der Waals surface area contributed by atoms with Gasteiger partial charge in [0.05, 0.1) is 23.2 Å². The van der Waals surface area contributed by atoms with Crippen molar-refractivity contribution < 1.29 is 13.2 Å². The largest absolute Gasteiger partial charge is 0.344 e. The van der Waals surface area contributed by atoms with Crippen LogP contribution in [0.3, 0.4) is 0 Å². The van der Waals surface area contributed by atoms with Gasteiger partial charge in [0, 0.05) is 11.6 Å². The number of carbonyl (C=O) groups is 1. The van der Waals surface area contributed by atoms with E-state index in [0.717, 1.165) is 43.6 Å². The van der Waals surface area contributed by atoms with Gasteiger partial charge in [0.1, 0.15) is 0 Å². The van der Waals surface area contributed by atoms with Gasteiger partial charge in [0.2, 0.25) is 5.82 Å². The van der Waals surface area contributed by atoms with Gasteiger partial charge in [-0.25, -0.2) is 18.1 Å². The Hall–Kier alpha value is -3.04. The molecule has 3 aromatic rings. The van der Waals surface area contributed by atoms with Gasteiger partial charge < -0.3 is 5.32 Å². The van der Waals surface area contributed by atoms with E-state index in [1.165, 1.54) is 0 Å². The molecule has 0 bridgehead atoms. The van der Waals surface area contributed by atoms with Crippen molar-refractivity contribution in [3.8, 4) is 17.1 Å². The minimum atomic E-state index is -3.21. The van der Waals surface area contributed by atoms with Crippen molar-refractivity contribution in [2.45, 2.75) is 31.3 Å². The van der Waals surface area contributed by atoms with E-state index in [1.54, 1.807) is 4.68 Å². The first kappa shape index (κ1) is 21.8. The summed E-state index contributed by atoms with van der Waals surface area (Å²) in [4.78, 5) is 20.0. The first-order chi connectivity index (χ1) is 16.0. The molecule has 0 spiro atoms. The molecular formula is C24H27N5O3S. The summed E-state index contributed by atoms with van der Waals surface area (Å²) in [6, 6.07) is 18.4. The van der Waals surface area contributed by atoms with Crippen LogP contribution >= 0.6 is 0 Å². The van der Waals surface area contributed by atoms with Crippen LogP contribution in [0.1, 0.15) is 29.9 Å². The zero-order valence-corrected chi connectivity index (χ0v) is 19.1. The van der Waals surface area contributed by atoms with Gasteiger partial charge in [0.15, 0.2) is 15.7 Å². The normalized spacial score (nSPS) is 22.8. The molecule has 2 unspecified atom stereocenters. The highest BCUT2D eigenvalue weighted by molar-refractivity contribution is 7.91. The lowest BCUT2D eigenvalue weighted by Gasteiger charge is -2.34. The average Bonchev–Trinajstić information content (AvgIpc) is 3.42. The molecule has 1 N–H and O–H groups in total. The summed E-state index contributed by atoms with van der Waals surface area (Å²) in [7, 11) is -3.21. The smallest absolute Gasteiger partial charge is 0.291 e. The first-order valence-corrected chi connectivity index (χ1v) is 13.2. The van der Waals surface area contributed by atoms with Gasteiger partial charge in [-0.2, -0.15) is 0 Å². The van der Waals surface area contributed by atoms with E-state index in [2.05, 4.69) is 20.3 Å². The highest BCUT2D eigenvalue weighted by Crippen LogP contribution is 2.24. The third kappa shape index (κ3) is 4.69. The zero-order chi connectivity index (χ0) is 22.8. The maximum atomic E-state index is 13.2. The molecule has 2 atom stereocenters. The quantitative estimate of drug-likeness (QED) is 0.621. The van der Waals surface area contributed by atoms with Crippen LogP contribution < -0.4 is 5.32 Å². The number of hydrogen-bond acceptors (Lipinski definition) is 6. The average molecular weight is 466 g/mol. The molecule has 3 heterocycles. The number of piperidine rings is 1. The van der Waals surface area contributed by atoms with Crippen LogP contribution in [-0.2, 0) is 9.84 Å². The third-order valence-corrected chi connectivity index (χ3v) is 8.06. The molecule has 0 aliphatic carbocycles. The van der Waals surface area contributed by atoms with E-state index in [-0.39, 0.29) is 23.4 Å². The number of aromatic nitrogens is 3. The van der Waals surface area contributed by atoms with Gasteiger partial charge in [-0.3, -0.25) is 9.69 Å². The van der Waals surface area contributed by atoms with E-state index in [9.17, 15) is 13.2 Å². The van der Waals surface area contributed by atoms with Gasteiger partial charge in [0.25, 0.3) is 5.91 Å². The molecule has 0 radical (unpaired) electrons. The molecule has 1 amide bonds. The molecule has 0 saturated carbocycles. The number of nitrogens with one attached hydrogen (secondary N) is 1. The van der Waals surface area contributed by atoms with Gasteiger partial charge in [-0.1, -0.05) is 55.0 Å². The number of amides is 1. The lowest BCUT2D eigenvalue weighted by Crippen LogP contribution is -2.52. The van der Waals surface area contributed by atoms with Crippen LogP contribution in [0.4, 0.5) is 0 Å². The predicted molar refractivity (Wildman–Crippen MR) is 126 cm³/mol. The van der Waals surface area contributed by atoms with Crippen LogP contribution in [0.15, 0.2) is 60.7 Å². The molecule has 8 nitrogen and oxygen atoms in total. The summed E-state index contributed by atoms with van der Waals surface area (Å²) in [5.74, 6) is 0.160. The van der Waals surface area contributed by atoms with Crippen molar-refractivity contribution >= 4 is 15.7 Å². The second-order valence-electron chi connectivity index (χ2n) is 8.69. The molecule has 2 aliphatic rings. The van der Waals surface area contributed by atoms with Crippen molar-refractivity contribution in [2.75, 3.05) is 24.6 Å². The van der Waals surface area contributed by atoms with Crippen molar-refractivity contribution in [2.24, 2.45) is 0 Å². The summed E-state index contributed by atoms with van der Waals surface area (Å²) in [6.07, 6.45) is 3.28. The summed E-state index contributed by atoms with van der Waals surface area (Å²) < 4.78 is 26.5. The predicted octanol–water partition coefficient (Wildman–Crippen LogP) is 2.32. The molecule has 172 valence electrons. The maximum Gasteiger partial charge on any atom is 0.291 e. The minimum Gasteiger partial charge on any atom is -0.344 e. The fourth-order valence-corrected chi connectivity index (χ4v) is 6.69. The van der Waals surface area contributed by atoms with Crippen molar-refractivity contribution in [3.05, 3.63) is 66.5 Å². The lowest BCUT2D eigenvalue weighted by molar-refractivity contribution is 0.0890. The molecule has 2 aromatic carbocycles. The Morgan fingerprint density at radius 3 is 2.27 bits per heavy atom. The highest BCUT2D eigenvalue weighted by Gasteiger charge is 2.42. The van der Waals surface area contributed by atoms with Crippen LogP contribution in [0, 0.1) is 0 Å². The van der Waals surface area contributed by atoms with Crippen LogP contribution in [0.5, 0.6) is 0 Å². The Morgan fingerprint density at radius 2 is 1.58 bits per heavy atom. The zero-order valence-electron chi connectivity index (χ0n) is 18.3. The third-order valence-electron chi connectivity index (χ3n) is 6.34. The molecule has 2 aliphatic heterocycles. The Bertz CT molecular complexity index is 1160. The number of benzene rings is 2. The Morgan fingerprint density at radius 1 is 0.909 bits per heavy atom. The van der Waals surface area contributed by atoms with E-state index in [0.29, 0.717) is 5.82 Å². The number of nitrogens with zero attached hydrogens (tertiary/aromatic N) is 4. The summed E-state index contributed by atoms with van der Waals surface area (Å²) in [5, 5.41) is 7.45. The molecule has 2 fully saturated rings. The summed E-state index contributed by atoms with van der Waals surface area (Å²) in [6.45, 7) is 1.73. The fraction of sp³-hybridized carbons (Fsp3) is 0.375. The minimum absolute atomic E-state index is 0.0272. The van der Waals surface area contributed by atoms with Gasteiger partial charge in [-0.15, -0.1) is 5.10 Å². The number of para-hydroxylation sites is 1. The number of sulfone groups is 1.